The molecule has 0 bridgehead atoms. The van der Waals surface area contributed by atoms with Gasteiger partial charge >= 0.3 is 6.18 Å². The van der Waals surface area contributed by atoms with Gasteiger partial charge in [0.05, 0.1) is 18.8 Å². The molecule has 158 valence electrons. The number of hydrogen-bond donors (Lipinski definition) is 2. The molecule has 1 aromatic rings. The van der Waals surface area contributed by atoms with Gasteiger partial charge in [-0.1, -0.05) is 18.2 Å². The van der Waals surface area contributed by atoms with Crippen molar-refractivity contribution in [3.8, 4) is 0 Å². The van der Waals surface area contributed by atoms with Crippen LogP contribution in [0, 0.1) is 0 Å². The minimum atomic E-state index is -4.39. The molecule has 5 nitrogen and oxygen atoms in total. The lowest BCUT2D eigenvalue weighted by molar-refractivity contribution is -0.137. The highest BCUT2D eigenvalue weighted by molar-refractivity contribution is 5.85. The van der Waals surface area contributed by atoms with Crippen LogP contribution in [0.25, 0.3) is 0 Å². The van der Waals surface area contributed by atoms with E-state index in [1.165, 1.54) is 12.1 Å². The predicted molar refractivity (Wildman–Crippen MR) is 101 cm³/mol. The molecule has 1 atom stereocenters. The molecule has 2 heterocycles. The van der Waals surface area contributed by atoms with Crippen LogP contribution in [0.3, 0.4) is 0 Å². The summed E-state index contributed by atoms with van der Waals surface area (Å²) in [7, 11) is 0. The van der Waals surface area contributed by atoms with Gasteiger partial charge in [0.25, 0.3) is 0 Å². The van der Waals surface area contributed by atoms with E-state index in [0.29, 0.717) is 57.9 Å². The van der Waals surface area contributed by atoms with E-state index in [9.17, 15) is 18.0 Å². The van der Waals surface area contributed by atoms with E-state index in [-0.39, 0.29) is 30.8 Å². The number of morpholine rings is 1. The Morgan fingerprint density at radius 1 is 1.21 bits per heavy atom. The van der Waals surface area contributed by atoms with Gasteiger partial charge in [-0.05, 0) is 24.5 Å². The molecule has 0 spiro atoms. The summed E-state index contributed by atoms with van der Waals surface area (Å²) in [5.74, 6) is -0.129. The molecule has 2 aliphatic rings. The molecule has 0 radical (unpaired) electrons. The summed E-state index contributed by atoms with van der Waals surface area (Å²) < 4.78 is 50.1. The second-order valence-corrected chi connectivity index (χ2v) is 7.18. The van der Waals surface area contributed by atoms with Gasteiger partial charge in [-0.15, -0.1) is 12.4 Å². The van der Waals surface area contributed by atoms with Crippen LogP contribution in [-0.2, 0) is 25.9 Å². The van der Waals surface area contributed by atoms with Gasteiger partial charge in [0, 0.05) is 44.2 Å². The fourth-order valence-corrected chi connectivity index (χ4v) is 3.67. The Balaban J connectivity index is 0.00000280. The second kappa shape index (κ2) is 9.91. The Kier molecular flexibility index (Phi) is 8.12. The van der Waals surface area contributed by atoms with Crippen molar-refractivity contribution in [2.24, 2.45) is 0 Å². The number of amides is 1. The van der Waals surface area contributed by atoms with Crippen LogP contribution in [-0.4, -0.2) is 51.5 Å². The number of nitrogens with one attached hydrogen (secondary N) is 2. The zero-order valence-electron chi connectivity index (χ0n) is 15.5. The first-order valence-corrected chi connectivity index (χ1v) is 9.22. The van der Waals surface area contributed by atoms with E-state index in [1.54, 1.807) is 6.07 Å². The normalized spacial score (nSPS) is 22.2. The molecule has 1 amide bonds. The van der Waals surface area contributed by atoms with E-state index >= 15 is 0 Å². The molecule has 2 N–H and O–H groups in total. The van der Waals surface area contributed by atoms with Crippen molar-refractivity contribution < 1.29 is 27.4 Å². The molecule has 28 heavy (non-hydrogen) atoms. The summed E-state index contributed by atoms with van der Waals surface area (Å²) in [6, 6.07) is 5.39. The lowest BCUT2D eigenvalue weighted by atomic mass is 9.73. The van der Waals surface area contributed by atoms with E-state index in [4.69, 9.17) is 9.47 Å². The molecular weight excluding hydrogens is 397 g/mol. The zero-order valence-corrected chi connectivity index (χ0v) is 16.3. The van der Waals surface area contributed by atoms with Gasteiger partial charge in [-0.3, -0.25) is 4.79 Å². The minimum Gasteiger partial charge on any atom is -0.381 e. The SMILES string of the molecule is Cl.O=C(CC1COCCN1)NCC1(c2cccc(C(F)(F)F)c2)CCOCC1. The predicted octanol–water partition coefficient (Wildman–Crippen LogP) is 2.67. The number of ether oxygens (including phenoxy) is 2. The molecule has 2 fully saturated rings. The smallest absolute Gasteiger partial charge is 0.381 e. The molecule has 9 heteroatoms. The summed E-state index contributed by atoms with van der Waals surface area (Å²) in [5.41, 5.74) is -0.619. The van der Waals surface area contributed by atoms with Gasteiger partial charge in [-0.25, -0.2) is 0 Å². The molecule has 0 saturated carbocycles. The van der Waals surface area contributed by atoms with Crippen LogP contribution in [0.2, 0.25) is 0 Å². The summed E-state index contributed by atoms with van der Waals surface area (Å²) >= 11 is 0. The van der Waals surface area contributed by atoms with Crippen LogP contribution in [0.4, 0.5) is 13.2 Å². The van der Waals surface area contributed by atoms with Crippen molar-refractivity contribution in [1.29, 1.82) is 0 Å². The lowest BCUT2D eigenvalue weighted by Gasteiger charge is -2.38. The first-order valence-electron chi connectivity index (χ1n) is 9.22. The molecule has 1 unspecified atom stereocenters. The Hall–Kier alpha value is -1.35. The van der Waals surface area contributed by atoms with E-state index < -0.39 is 17.2 Å². The molecular formula is C19H26ClF3N2O3. The third kappa shape index (κ3) is 5.83. The number of carbonyl (C=O) groups excluding carboxylic acids is 1. The fourth-order valence-electron chi connectivity index (χ4n) is 3.67. The van der Waals surface area contributed by atoms with Crippen molar-refractivity contribution in [3.63, 3.8) is 0 Å². The maximum absolute atomic E-state index is 13.1. The topological polar surface area (TPSA) is 59.6 Å². The second-order valence-electron chi connectivity index (χ2n) is 7.18. The van der Waals surface area contributed by atoms with Crippen LogP contribution in [0.15, 0.2) is 24.3 Å². The van der Waals surface area contributed by atoms with Gasteiger partial charge in [0.2, 0.25) is 5.91 Å². The molecule has 2 saturated heterocycles. The Morgan fingerprint density at radius 2 is 1.96 bits per heavy atom. The quantitative estimate of drug-likeness (QED) is 0.766. The Morgan fingerprint density at radius 3 is 2.61 bits per heavy atom. The van der Waals surface area contributed by atoms with Gasteiger partial charge < -0.3 is 20.1 Å². The highest BCUT2D eigenvalue weighted by Crippen LogP contribution is 2.37. The monoisotopic (exact) mass is 422 g/mol. The van der Waals surface area contributed by atoms with Crippen molar-refractivity contribution in [2.75, 3.05) is 39.5 Å². The summed E-state index contributed by atoms with van der Waals surface area (Å²) in [4.78, 5) is 12.3. The molecule has 2 aliphatic heterocycles. The fraction of sp³-hybridized carbons (Fsp3) is 0.632. The third-order valence-corrected chi connectivity index (χ3v) is 5.31. The number of alkyl halides is 3. The van der Waals surface area contributed by atoms with Crippen LogP contribution >= 0.6 is 12.4 Å². The zero-order chi connectivity index (χ0) is 19.3. The van der Waals surface area contributed by atoms with Gasteiger partial charge in [-0.2, -0.15) is 13.2 Å². The van der Waals surface area contributed by atoms with E-state index in [2.05, 4.69) is 10.6 Å². The molecule has 3 rings (SSSR count). The third-order valence-electron chi connectivity index (χ3n) is 5.31. The van der Waals surface area contributed by atoms with Gasteiger partial charge in [0.15, 0.2) is 0 Å². The van der Waals surface area contributed by atoms with E-state index in [0.717, 1.165) is 6.07 Å². The van der Waals surface area contributed by atoms with Crippen LogP contribution in [0.1, 0.15) is 30.4 Å². The largest absolute Gasteiger partial charge is 0.416 e. The highest BCUT2D eigenvalue weighted by atomic mass is 35.5. The maximum Gasteiger partial charge on any atom is 0.416 e. The maximum atomic E-state index is 13.1. The van der Waals surface area contributed by atoms with Crippen LogP contribution in [0.5, 0.6) is 0 Å². The van der Waals surface area contributed by atoms with Crippen LogP contribution < -0.4 is 10.6 Å². The average molecular weight is 423 g/mol. The van der Waals surface area contributed by atoms with Crippen molar-refractivity contribution in [3.05, 3.63) is 35.4 Å². The van der Waals surface area contributed by atoms with Crippen molar-refractivity contribution in [1.82, 2.24) is 10.6 Å². The number of benzene rings is 1. The first-order chi connectivity index (χ1) is 12.9. The summed E-state index contributed by atoms with van der Waals surface area (Å²) in [6.07, 6.45) is -2.97. The molecule has 1 aromatic carbocycles. The van der Waals surface area contributed by atoms with Crippen molar-refractivity contribution in [2.45, 2.75) is 36.9 Å². The standard InChI is InChI=1S/C19H25F3N2O3.ClH/c20-19(21,22)15-3-1-2-14(10-15)18(4-7-26-8-5-18)13-24-17(25)11-16-12-27-9-6-23-16;/h1-3,10,16,23H,4-9,11-13H2,(H,24,25);1H. The molecule has 0 aromatic heterocycles. The Bertz CT molecular complexity index is 646. The van der Waals surface area contributed by atoms with E-state index in [1.807, 2.05) is 0 Å². The number of rotatable bonds is 5. The molecule has 0 aliphatic carbocycles. The number of carbonyl (C=O) groups is 1. The number of hydrogen-bond acceptors (Lipinski definition) is 4. The number of halogens is 4. The average Bonchev–Trinajstić information content (AvgIpc) is 2.67. The first kappa shape index (κ1) is 22.9. The lowest BCUT2D eigenvalue weighted by Crippen LogP contribution is -2.48. The summed E-state index contributed by atoms with van der Waals surface area (Å²) in [6.45, 7) is 3.05. The highest BCUT2D eigenvalue weighted by Gasteiger charge is 2.37. The Labute approximate surface area is 168 Å². The summed E-state index contributed by atoms with van der Waals surface area (Å²) in [5, 5.41) is 6.15. The minimum absolute atomic E-state index is 0. The van der Waals surface area contributed by atoms with Gasteiger partial charge in [0.1, 0.15) is 0 Å². The van der Waals surface area contributed by atoms with Crippen molar-refractivity contribution >= 4 is 18.3 Å².